The van der Waals surface area contributed by atoms with E-state index in [1.54, 1.807) is 0 Å². The molecule has 0 bridgehead atoms. The van der Waals surface area contributed by atoms with Crippen molar-refractivity contribution >= 4 is 29.8 Å². The van der Waals surface area contributed by atoms with Crippen LogP contribution in [0.15, 0.2) is 72.8 Å². The fourth-order valence-electron chi connectivity index (χ4n) is 3.61. The molecule has 176 valence electrons. The summed E-state index contributed by atoms with van der Waals surface area (Å²) in [5.74, 6) is -4.68. The maximum absolute atomic E-state index is 13.7. The van der Waals surface area contributed by atoms with Crippen LogP contribution in [-0.2, 0) is 6.54 Å². The van der Waals surface area contributed by atoms with Gasteiger partial charge in [0.1, 0.15) is 5.75 Å². The van der Waals surface area contributed by atoms with Crippen molar-refractivity contribution in [2.75, 3.05) is 0 Å². The van der Waals surface area contributed by atoms with Gasteiger partial charge < -0.3 is 15.3 Å². The van der Waals surface area contributed by atoms with Gasteiger partial charge in [-0.05, 0) is 42.0 Å². The van der Waals surface area contributed by atoms with Crippen molar-refractivity contribution in [1.82, 2.24) is 15.1 Å². The first-order valence-corrected chi connectivity index (χ1v) is 10.1. The molecule has 3 aromatic rings. The first-order valence-electron chi connectivity index (χ1n) is 10.1. The van der Waals surface area contributed by atoms with Crippen LogP contribution in [-0.4, -0.2) is 60.2 Å². The lowest BCUT2D eigenvalue weighted by Crippen LogP contribution is -2.59. The van der Waals surface area contributed by atoms with Crippen molar-refractivity contribution < 1.29 is 39.3 Å². The maximum Gasteiger partial charge on any atom is 0.428 e. The van der Waals surface area contributed by atoms with Gasteiger partial charge in [-0.15, -0.1) is 5.12 Å². The van der Waals surface area contributed by atoms with Gasteiger partial charge in [-0.3, -0.25) is 14.4 Å². The van der Waals surface area contributed by atoms with Crippen LogP contribution in [0.25, 0.3) is 0 Å². The van der Waals surface area contributed by atoms with E-state index in [1.807, 2.05) is 0 Å². The van der Waals surface area contributed by atoms with Crippen LogP contribution in [0, 0.1) is 0 Å². The Morgan fingerprint density at radius 1 is 0.743 bits per heavy atom. The number of hydrazine groups is 2. The number of aromatic hydroxyl groups is 1. The third-order valence-electron chi connectivity index (χ3n) is 5.25. The molecule has 0 saturated carbocycles. The zero-order chi connectivity index (χ0) is 25.3. The number of imide groups is 1. The standard InChI is InChI=1S/C24H17N3O8/c28-15-11-9-14(10-12-15)13-25(24(34)35)27(22(31)18-7-3-4-8-19(18)23(32)33)26-20(29)16-5-1-2-6-17(16)21(26)30/h1-12,28H,13H2,(H,32,33)(H,34,35). The van der Waals surface area contributed by atoms with Crippen molar-refractivity contribution in [3.8, 4) is 5.75 Å². The first-order chi connectivity index (χ1) is 16.7. The van der Waals surface area contributed by atoms with Gasteiger partial charge in [0.2, 0.25) is 0 Å². The minimum absolute atomic E-state index is 0.0446. The lowest BCUT2D eigenvalue weighted by molar-refractivity contribution is -0.0930. The highest BCUT2D eigenvalue weighted by Crippen LogP contribution is 2.28. The zero-order valence-electron chi connectivity index (χ0n) is 17.9. The Hall–Kier alpha value is -5.19. The molecular formula is C24H17N3O8. The number of benzene rings is 3. The molecule has 0 aromatic heterocycles. The molecule has 3 aromatic carbocycles. The number of nitrogens with zero attached hydrogens (tertiary/aromatic N) is 3. The largest absolute Gasteiger partial charge is 0.508 e. The number of amides is 4. The van der Waals surface area contributed by atoms with E-state index in [0.29, 0.717) is 20.7 Å². The lowest BCUT2D eigenvalue weighted by Gasteiger charge is -2.37. The number of carbonyl (C=O) groups is 5. The number of aromatic carboxylic acids is 1. The molecule has 4 amide bonds. The average molecular weight is 475 g/mol. The minimum Gasteiger partial charge on any atom is -0.508 e. The lowest BCUT2D eigenvalue weighted by atomic mass is 10.1. The molecule has 1 heterocycles. The van der Waals surface area contributed by atoms with Crippen molar-refractivity contribution in [2.24, 2.45) is 0 Å². The molecule has 0 radical (unpaired) electrons. The third-order valence-corrected chi connectivity index (χ3v) is 5.25. The average Bonchev–Trinajstić information content (AvgIpc) is 3.10. The number of phenolic OH excluding ortho intramolecular Hbond substituents is 1. The summed E-state index contributed by atoms with van der Waals surface area (Å²) < 4.78 is 0. The molecule has 0 atom stereocenters. The zero-order valence-corrected chi connectivity index (χ0v) is 17.9. The first kappa shape index (κ1) is 23.0. The predicted molar refractivity (Wildman–Crippen MR) is 118 cm³/mol. The van der Waals surface area contributed by atoms with E-state index in [4.69, 9.17) is 0 Å². The summed E-state index contributed by atoms with van der Waals surface area (Å²) in [5.41, 5.74) is -0.665. The summed E-state index contributed by atoms with van der Waals surface area (Å²) in [6.07, 6.45) is -1.70. The second kappa shape index (κ2) is 8.98. The highest BCUT2D eigenvalue weighted by atomic mass is 16.4. The van der Waals surface area contributed by atoms with E-state index >= 15 is 0 Å². The quantitative estimate of drug-likeness (QED) is 0.376. The Morgan fingerprint density at radius 2 is 1.26 bits per heavy atom. The highest BCUT2D eigenvalue weighted by Gasteiger charge is 2.46. The number of phenols is 1. The van der Waals surface area contributed by atoms with E-state index in [9.17, 15) is 39.3 Å². The molecule has 0 aliphatic carbocycles. The summed E-state index contributed by atoms with van der Waals surface area (Å²) in [7, 11) is 0. The normalized spacial score (nSPS) is 12.3. The fraction of sp³-hybridized carbons (Fsp3) is 0.0417. The molecule has 11 heteroatoms. The fourth-order valence-corrected chi connectivity index (χ4v) is 3.61. The summed E-state index contributed by atoms with van der Waals surface area (Å²) in [6.45, 7) is -0.510. The van der Waals surface area contributed by atoms with Crippen molar-refractivity contribution in [2.45, 2.75) is 6.54 Å². The van der Waals surface area contributed by atoms with Crippen LogP contribution < -0.4 is 0 Å². The molecule has 0 saturated heterocycles. The molecule has 11 nitrogen and oxygen atoms in total. The number of rotatable bonds is 5. The van der Waals surface area contributed by atoms with Crippen LogP contribution >= 0.6 is 0 Å². The van der Waals surface area contributed by atoms with E-state index in [-0.39, 0.29) is 16.9 Å². The number of carboxylic acid groups (broad SMARTS) is 2. The van der Waals surface area contributed by atoms with Crippen LogP contribution in [0.5, 0.6) is 5.75 Å². The number of carboxylic acids is 1. The molecule has 0 fully saturated rings. The number of carbonyl (C=O) groups excluding carboxylic acids is 3. The summed E-state index contributed by atoms with van der Waals surface area (Å²) in [5, 5.41) is 30.2. The second-order valence-corrected chi connectivity index (χ2v) is 7.42. The Bertz CT molecular complexity index is 1330. The monoisotopic (exact) mass is 475 g/mol. The Morgan fingerprint density at radius 3 is 1.77 bits per heavy atom. The van der Waals surface area contributed by atoms with E-state index in [1.165, 1.54) is 60.7 Å². The van der Waals surface area contributed by atoms with E-state index < -0.39 is 47.5 Å². The number of fused-ring (bicyclic) bond motifs is 1. The highest BCUT2D eigenvalue weighted by molar-refractivity contribution is 6.22. The van der Waals surface area contributed by atoms with Crippen LogP contribution in [0.4, 0.5) is 4.79 Å². The molecule has 0 spiro atoms. The van der Waals surface area contributed by atoms with Crippen molar-refractivity contribution in [3.63, 3.8) is 0 Å². The van der Waals surface area contributed by atoms with Gasteiger partial charge in [0.15, 0.2) is 0 Å². The Labute approximate surface area is 197 Å². The molecule has 3 N–H and O–H groups in total. The minimum atomic E-state index is -1.70. The van der Waals surface area contributed by atoms with Gasteiger partial charge in [-0.25, -0.2) is 9.59 Å². The molecule has 1 aliphatic heterocycles. The van der Waals surface area contributed by atoms with Crippen molar-refractivity contribution in [3.05, 3.63) is 101 Å². The van der Waals surface area contributed by atoms with Crippen LogP contribution in [0.3, 0.4) is 0 Å². The molecular weight excluding hydrogens is 458 g/mol. The van der Waals surface area contributed by atoms with Crippen molar-refractivity contribution in [1.29, 1.82) is 0 Å². The molecule has 0 unspecified atom stereocenters. The summed E-state index contributed by atoms with van der Waals surface area (Å²) >= 11 is 0. The van der Waals surface area contributed by atoms with Gasteiger partial charge in [-0.1, -0.05) is 36.4 Å². The molecule has 4 rings (SSSR count). The third kappa shape index (κ3) is 4.13. The number of hydrogen-bond donors (Lipinski definition) is 3. The predicted octanol–water partition coefficient (Wildman–Crippen LogP) is 2.84. The molecule has 1 aliphatic rings. The topological polar surface area (TPSA) is 156 Å². The van der Waals surface area contributed by atoms with E-state index in [2.05, 4.69) is 0 Å². The van der Waals surface area contributed by atoms with Crippen LogP contribution in [0.1, 0.15) is 47.0 Å². The number of hydrogen-bond acceptors (Lipinski definition) is 6. The van der Waals surface area contributed by atoms with Gasteiger partial charge in [0, 0.05) is 0 Å². The maximum atomic E-state index is 13.7. The van der Waals surface area contributed by atoms with Crippen LogP contribution in [0.2, 0.25) is 0 Å². The SMILES string of the molecule is O=C(O)c1ccccc1C(=O)N(N(Cc1ccc(O)cc1)C(=O)O)N1C(=O)c2ccccc2C1=O. The van der Waals surface area contributed by atoms with Gasteiger partial charge in [0.25, 0.3) is 17.7 Å². The van der Waals surface area contributed by atoms with Gasteiger partial charge in [-0.2, -0.15) is 10.0 Å². The second-order valence-electron chi connectivity index (χ2n) is 7.42. The Balaban J connectivity index is 1.86. The summed E-state index contributed by atoms with van der Waals surface area (Å²) in [4.78, 5) is 64.1. The van der Waals surface area contributed by atoms with Gasteiger partial charge >= 0.3 is 12.1 Å². The van der Waals surface area contributed by atoms with Gasteiger partial charge in [0.05, 0.1) is 28.8 Å². The van der Waals surface area contributed by atoms with E-state index in [0.717, 1.165) is 12.1 Å². The smallest absolute Gasteiger partial charge is 0.428 e. The molecule has 35 heavy (non-hydrogen) atoms. The summed E-state index contributed by atoms with van der Waals surface area (Å²) in [6, 6.07) is 16.1. The Kier molecular flexibility index (Phi) is 5.90.